The Morgan fingerprint density at radius 1 is 1.37 bits per heavy atom. The highest BCUT2D eigenvalue weighted by Crippen LogP contribution is 2.40. The molecule has 0 amide bonds. The summed E-state index contributed by atoms with van der Waals surface area (Å²) in [4.78, 5) is 11.9. The summed E-state index contributed by atoms with van der Waals surface area (Å²) in [7, 11) is 1.83. The van der Waals surface area contributed by atoms with Crippen LogP contribution in [0.1, 0.15) is 26.2 Å². The van der Waals surface area contributed by atoms with Crippen LogP contribution in [-0.2, 0) is 30.7 Å². The van der Waals surface area contributed by atoms with E-state index < -0.39 is 14.2 Å². The first-order valence-electron chi connectivity index (χ1n) is 6.26. The van der Waals surface area contributed by atoms with Gasteiger partial charge >= 0.3 is 8.80 Å². The maximum Gasteiger partial charge on any atom is 0.532 e. The molecule has 1 aliphatic carbocycles. The highest BCUT2D eigenvalue weighted by atomic mass is 32.1. The van der Waals surface area contributed by atoms with Crippen molar-refractivity contribution in [1.82, 2.24) is 0 Å². The van der Waals surface area contributed by atoms with Crippen molar-refractivity contribution < 1.29 is 18.1 Å². The Morgan fingerprint density at radius 2 is 1.95 bits per heavy atom. The SMILES string of the molecule is CCCC1(C(=O)[S-])C=CC=C([Si](OC)(OC)OC)C1. The third kappa shape index (κ3) is 3.14. The molecule has 0 aromatic rings. The van der Waals surface area contributed by atoms with Gasteiger partial charge in [0.25, 0.3) is 0 Å². The highest BCUT2D eigenvalue weighted by Gasteiger charge is 2.46. The van der Waals surface area contributed by atoms with E-state index in [2.05, 4.69) is 0 Å². The lowest BCUT2D eigenvalue weighted by atomic mass is 9.79. The van der Waals surface area contributed by atoms with E-state index in [1.165, 1.54) is 0 Å². The molecule has 0 aliphatic heterocycles. The molecule has 4 nitrogen and oxygen atoms in total. The molecule has 0 spiro atoms. The van der Waals surface area contributed by atoms with E-state index in [1.54, 1.807) is 21.3 Å². The van der Waals surface area contributed by atoms with Gasteiger partial charge in [-0.25, -0.2) is 0 Å². The number of allylic oxidation sites excluding steroid dienone is 4. The predicted octanol–water partition coefficient (Wildman–Crippen LogP) is 2.15. The van der Waals surface area contributed by atoms with Gasteiger partial charge in [-0.3, -0.25) is 0 Å². The first kappa shape index (κ1) is 16.5. The van der Waals surface area contributed by atoms with Crippen molar-refractivity contribution >= 4 is 26.5 Å². The fourth-order valence-corrected chi connectivity index (χ4v) is 4.88. The number of rotatable bonds is 7. The zero-order valence-corrected chi connectivity index (χ0v) is 13.7. The molecule has 19 heavy (non-hydrogen) atoms. The number of hydrogen-bond donors (Lipinski definition) is 0. The van der Waals surface area contributed by atoms with Crippen LogP contribution < -0.4 is 0 Å². The monoisotopic (exact) mass is 301 g/mol. The van der Waals surface area contributed by atoms with Crippen molar-refractivity contribution in [3.63, 3.8) is 0 Å². The fraction of sp³-hybridized carbons (Fsp3) is 0.615. The van der Waals surface area contributed by atoms with E-state index in [-0.39, 0.29) is 5.12 Å². The molecule has 0 radical (unpaired) electrons. The summed E-state index contributed by atoms with van der Waals surface area (Å²) in [5.41, 5.74) is -0.623. The van der Waals surface area contributed by atoms with Gasteiger partial charge in [0.1, 0.15) is 0 Å². The Labute approximate surface area is 121 Å². The molecule has 1 unspecified atom stereocenters. The summed E-state index contributed by atoms with van der Waals surface area (Å²) in [6, 6.07) is 0. The lowest BCUT2D eigenvalue weighted by Gasteiger charge is -2.38. The van der Waals surface area contributed by atoms with Crippen LogP contribution >= 0.6 is 0 Å². The van der Waals surface area contributed by atoms with Gasteiger partial charge in [0, 0.05) is 37.1 Å². The normalized spacial score (nSPS) is 23.3. The zero-order valence-electron chi connectivity index (χ0n) is 11.9. The standard InChI is InChI=1S/C13H22O4SSi/c1-5-8-13(12(14)18)9-6-7-11(10-13)19(15-2,16-3)17-4/h6-7,9H,5,8,10H2,1-4H3,(H,14,18)/p-1. The largest absolute Gasteiger partial charge is 0.741 e. The van der Waals surface area contributed by atoms with Crippen molar-refractivity contribution in [2.45, 2.75) is 26.2 Å². The Balaban J connectivity index is 3.11. The molecule has 0 fully saturated rings. The first-order valence-corrected chi connectivity index (χ1v) is 8.39. The predicted molar refractivity (Wildman–Crippen MR) is 78.3 cm³/mol. The zero-order chi connectivity index (χ0) is 14.5. The maximum absolute atomic E-state index is 11.9. The Kier molecular flexibility index (Phi) is 5.88. The van der Waals surface area contributed by atoms with E-state index in [0.717, 1.165) is 18.0 Å². The highest BCUT2D eigenvalue weighted by molar-refractivity contribution is 7.77. The van der Waals surface area contributed by atoms with Gasteiger partial charge in [-0.2, -0.15) is 0 Å². The molecule has 0 bridgehead atoms. The van der Waals surface area contributed by atoms with E-state index >= 15 is 0 Å². The van der Waals surface area contributed by atoms with Gasteiger partial charge in [-0.15, -0.1) is 0 Å². The molecule has 1 aliphatic rings. The quantitative estimate of drug-likeness (QED) is 0.532. The first-order chi connectivity index (χ1) is 9.00. The van der Waals surface area contributed by atoms with Gasteiger partial charge in [0.2, 0.25) is 0 Å². The summed E-state index contributed by atoms with van der Waals surface area (Å²) < 4.78 is 16.4. The molecular formula is C13H21O4SSi-. The molecule has 1 rings (SSSR count). The average molecular weight is 301 g/mol. The molecule has 1 atom stereocenters. The van der Waals surface area contributed by atoms with Gasteiger partial charge in [0.15, 0.2) is 0 Å². The van der Waals surface area contributed by atoms with Crippen molar-refractivity contribution in [3.05, 3.63) is 23.4 Å². The van der Waals surface area contributed by atoms with Crippen LogP contribution in [0.4, 0.5) is 0 Å². The molecule has 0 saturated heterocycles. The smallest absolute Gasteiger partial charge is 0.532 e. The number of carbonyl (C=O) groups is 1. The van der Waals surface area contributed by atoms with Crippen LogP contribution in [-0.4, -0.2) is 35.2 Å². The topological polar surface area (TPSA) is 44.8 Å². The fourth-order valence-electron chi connectivity index (χ4n) is 2.52. The van der Waals surface area contributed by atoms with Gasteiger partial charge in [-0.05, 0) is 12.8 Å². The summed E-state index contributed by atoms with van der Waals surface area (Å²) in [5.74, 6) is 0. The third-order valence-corrected chi connectivity index (χ3v) is 6.67. The molecule has 0 aromatic carbocycles. The van der Waals surface area contributed by atoms with Crippen molar-refractivity contribution in [2.75, 3.05) is 21.3 Å². The van der Waals surface area contributed by atoms with E-state index in [9.17, 15) is 4.79 Å². The second-order valence-corrected chi connectivity index (χ2v) is 7.94. The van der Waals surface area contributed by atoms with Crippen LogP contribution in [0.3, 0.4) is 0 Å². The Morgan fingerprint density at radius 3 is 2.37 bits per heavy atom. The molecule has 0 saturated carbocycles. The minimum absolute atomic E-state index is 0.234. The molecular weight excluding hydrogens is 280 g/mol. The number of hydrogen-bond acceptors (Lipinski definition) is 5. The minimum Gasteiger partial charge on any atom is -0.741 e. The summed E-state index contributed by atoms with van der Waals surface area (Å²) >= 11 is 4.94. The van der Waals surface area contributed by atoms with Crippen molar-refractivity contribution in [2.24, 2.45) is 5.41 Å². The molecule has 0 aromatic heterocycles. The molecule has 108 valence electrons. The average Bonchev–Trinajstić information content (AvgIpc) is 2.42. The summed E-state index contributed by atoms with van der Waals surface area (Å²) in [5, 5.41) is 0.663. The third-order valence-electron chi connectivity index (χ3n) is 3.52. The van der Waals surface area contributed by atoms with E-state index in [1.807, 2.05) is 25.2 Å². The molecule has 0 heterocycles. The van der Waals surface area contributed by atoms with Crippen LogP contribution in [0.15, 0.2) is 23.4 Å². The van der Waals surface area contributed by atoms with Crippen LogP contribution in [0, 0.1) is 5.41 Å². The lowest BCUT2D eigenvalue weighted by molar-refractivity contribution is -0.117. The number of carbonyl (C=O) groups excluding carboxylic acids is 1. The second kappa shape index (κ2) is 6.76. The van der Waals surface area contributed by atoms with Crippen LogP contribution in [0.5, 0.6) is 0 Å². The van der Waals surface area contributed by atoms with Crippen LogP contribution in [0.25, 0.3) is 0 Å². The Bertz CT molecular complexity index is 382. The van der Waals surface area contributed by atoms with Crippen LogP contribution in [0.2, 0.25) is 0 Å². The van der Waals surface area contributed by atoms with Crippen molar-refractivity contribution in [1.29, 1.82) is 0 Å². The summed E-state index contributed by atoms with van der Waals surface area (Å²) in [6.07, 6.45) is 7.80. The minimum atomic E-state index is -2.87. The van der Waals surface area contributed by atoms with Gasteiger partial charge in [0.05, 0.1) is 0 Å². The van der Waals surface area contributed by atoms with Gasteiger partial charge < -0.3 is 30.7 Å². The molecule has 0 N–H and O–H groups in total. The van der Waals surface area contributed by atoms with E-state index in [4.69, 9.17) is 25.9 Å². The summed E-state index contributed by atoms with van der Waals surface area (Å²) in [6.45, 7) is 2.04. The van der Waals surface area contributed by atoms with E-state index in [0.29, 0.717) is 6.42 Å². The lowest BCUT2D eigenvalue weighted by Crippen LogP contribution is -2.48. The van der Waals surface area contributed by atoms with Gasteiger partial charge in [-0.1, -0.05) is 31.6 Å². The maximum atomic E-state index is 11.9. The van der Waals surface area contributed by atoms with Crippen molar-refractivity contribution in [3.8, 4) is 0 Å². The molecule has 6 heteroatoms. The second-order valence-electron chi connectivity index (χ2n) is 4.59. The Hall–Kier alpha value is -0.533.